The number of aliphatic imine (C=N–C) groups is 1. The van der Waals surface area contributed by atoms with E-state index in [1.54, 1.807) is 24.3 Å². The SMILES string of the molecule is O=C1N=C2C=CC=CC2C(=O)/C1=C/O. The second kappa shape index (κ2) is 3.06. The number of ketones is 1. The van der Waals surface area contributed by atoms with E-state index < -0.39 is 17.6 Å². The van der Waals surface area contributed by atoms with Crippen LogP contribution in [0.25, 0.3) is 0 Å². The molecule has 0 aromatic carbocycles. The van der Waals surface area contributed by atoms with Crippen LogP contribution in [-0.2, 0) is 9.59 Å². The van der Waals surface area contributed by atoms with Gasteiger partial charge in [-0.15, -0.1) is 0 Å². The third-order valence-corrected chi connectivity index (χ3v) is 2.14. The highest BCUT2D eigenvalue weighted by molar-refractivity contribution is 6.34. The molecule has 2 aliphatic rings. The summed E-state index contributed by atoms with van der Waals surface area (Å²) in [5, 5.41) is 8.71. The normalized spacial score (nSPS) is 27.9. The minimum absolute atomic E-state index is 0.251. The standard InChI is InChI=1S/C10H7NO3/c12-5-7-9(13)6-3-1-2-4-8(6)11-10(7)14/h1-6,12H/b7-5-. The second-order valence-electron chi connectivity index (χ2n) is 2.97. The Morgan fingerprint density at radius 3 is 2.86 bits per heavy atom. The Morgan fingerprint density at radius 1 is 1.36 bits per heavy atom. The average Bonchev–Trinajstić information content (AvgIpc) is 2.18. The number of carbonyl (C=O) groups is 2. The van der Waals surface area contributed by atoms with Crippen molar-refractivity contribution in [2.75, 3.05) is 0 Å². The zero-order valence-electron chi connectivity index (χ0n) is 7.18. The van der Waals surface area contributed by atoms with Crippen molar-refractivity contribution < 1.29 is 14.7 Å². The quantitative estimate of drug-likeness (QED) is 0.347. The molecular weight excluding hydrogens is 182 g/mol. The summed E-state index contributed by atoms with van der Waals surface area (Å²) in [6, 6.07) is 0. The van der Waals surface area contributed by atoms with Crippen LogP contribution in [0.15, 0.2) is 41.1 Å². The van der Waals surface area contributed by atoms with E-state index in [-0.39, 0.29) is 5.57 Å². The molecule has 70 valence electrons. The maximum Gasteiger partial charge on any atom is 0.284 e. The van der Waals surface area contributed by atoms with Crippen LogP contribution in [0, 0.1) is 5.92 Å². The summed E-state index contributed by atoms with van der Waals surface area (Å²) in [5.41, 5.74) is 0.187. The number of rotatable bonds is 0. The van der Waals surface area contributed by atoms with E-state index in [0.717, 1.165) is 0 Å². The van der Waals surface area contributed by atoms with E-state index in [4.69, 9.17) is 5.11 Å². The number of aliphatic hydroxyl groups is 1. The van der Waals surface area contributed by atoms with Gasteiger partial charge in [0.1, 0.15) is 5.57 Å². The fourth-order valence-corrected chi connectivity index (χ4v) is 1.43. The zero-order chi connectivity index (χ0) is 10.1. The van der Waals surface area contributed by atoms with E-state index in [0.29, 0.717) is 12.0 Å². The molecule has 0 saturated heterocycles. The molecule has 1 unspecified atom stereocenters. The Labute approximate surface area is 80.0 Å². The van der Waals surface area contributed by atoms with Crippen molar-refractivity contribution in [3.63, 3.8) is 0 Å². The molecular formula is C10H7NO3. The predicted octanol–water partition coefficient (Wildman–Crippen LogP) is 0.721. The van der Waals surface area contributed by atoms with Crippen molar-refractivity contribution in [3.8, 4) is 0 Å². The first-order valence-electron chi connectivity index (χ1n) is 4.10. The monoisotopic (exact) mass is 189 g/mol. The van der Waals surface area contributed by atoms with Gasteiger partial charge in [-0.3, -0.25) is 9.59 Å². The van der Waals surface area contributed by atoms with E-state index >= 15 is 0 Å². The van der Waals surface area contributed by atoms with E-state index in [2.05, 4.69) is 4.99 Å². The van der Waals surface area contributed by atoms with E-state index in [1.807, 2.05) is 0 Å². The van der Waals surface area contributed by atoms with Crippen LogP contribution < -0.4 is 0 Å². The first-order chi connectivity index (χ1) is 6.74. The van der Waals surface area contributed by atoms with Crippen LogP contribution in [0.3, 0.4) is 0 Å². The maximum absolute atomic E-state index is 11.6. The molecule has 0 radical (unpaired) electrons. The molecule has 1 amide bonds. The molecule has 0 aromatic heterocycles. The number of Topliss-reactive ketones (excluding diaryl/α,β-unsaturated/α-hetero) is 1. The molecule has 2 rings (SSSR count). The van der Waals surface area contributed by atoms with Crippen LogP contribution in [0.5, 0.6) is 0 Å². The average molecular weight is 189 g/mol. The van der Waals surface area contributed by atoms with Gasteiger partial charge in [-0.05, 0) is 6.08 Å². The highest BCUT2D eigenvalue weighted by Gasteiger charge is 2.33. The molecule has 0 fully saturated rings. The van der Waals surface area contributed by atoms with Crippen LogP contribution >= 0.6 is 0 Å². The summed E-state index contributed by atoms with van der Waals surface area (Å²) in [5.74, 6) is -1.59. The second-order valence-corrected chi connectivity index (χ2v) is 2.97. The van der Waals surface area contributed by atoms with E-state index in [1.165, 1.54) is 0 Å². The molecule has 4 nitrogen and oxygen atoms in total. The van der Waals surface area contributed by atoms with Crippen LogP contribution in [0.4, 0.5) is 0 Å². The Bertz CT molecular complexity index is 427. The molecule has 1 N–H and O–H groups in total. The molecule has 0 spiro atoms. The molecule has 1 heterocycles. The van der Waals surface area contributed by atoms with Crippen molar-refractivity contribution in [1.82, 2.24) is 0 Å². The van der Waals surface area contributed by atoms with Gasteiger partial charge in [-0.1, -0.05) is 18.2 Å². The van der Waals surface area contributed by atoms with Gasteiger partial charge >= 0.3 is 0 Å². The Hall–Kier alpha value is -1.97. The van der Waals surface area contributed by atoms with Crippen LogP contribution in [0.1, 0.15) is 0 Å². The predicted molar refractivity (Wildman–Crippen MR) is 49.9 cm³/mol. The number of carbonyl (C=O) groups excluding carboxylic acids is 2. The van der Waals surface area contributed by atoms with Crippen molar-refractivity contribution in [2.24, 2.45) is 10.9 Å². The minimum Gasteiger partial charge on any atom is -0.515 e. The van der Waals surface area contributed by atoms with Gasteiger partial charge in [-0.25, -0.2) is 4.99 Å². The highest BCUT2D eigenvalue weighted by atomic mass is 16.2. The van der Waals surface area contributed by atoms with Gasteiger partial charge in [0, 0.05) is 0 Å². The van der Waals surface area contributed by atoms with Gasteiger partial charge in [0.05, 0.1) is 17.9 Å². The molecule has 0 aromatic rings. The number of aliphatic hydroxyl groups excluding tert-OH is 1. The lowest BCUT2D eigenvalue weighted by atomic mass is 9.87. The van der Waals surface area contributed by atoms with Gasteiger partial charge in [0.15, 0.2) is 5.78 Å². The summed E-state index contributed by atoms with van der Waals surface area (Å²) in [4.78, 5) is 26.5. The number of fused-ring (bicyclic) bond motifs is 1. The number of amides is 1. The van der Waals surface area contributed by atoms with Crippen molar-refractivity contribution in [1.29, 1.82) is 0 Å². The first kappa shape index (κ1) is 8.62. The van der Waals surface area contributed by atoms with Crippen molar-refractivity contribution >= 4 is 17.4 Å². The molecule has 1 atom stereocenters. The molecule has 4 heteroatoms. The Kier molecular flexibility index (Phi) is 1.89. The summed E-state index contributed by atoms with van der Waals surface area (Å²) < 4.78 is 0. The van der Waals surface area contributed by atoms with E-state index in [9.17, 15) is 9.59 Å². The smallest absolute Gasteiger partial charge is 0.284 e. The molecule has 1 aliphatic carbocycles. The number of hydrogen-bond acceptors (Lipinski definition) is 3. The number of allylic oxidation sites excluding steroid dienone is 4. The number of hydrogen-bond donors (Lipinski definition) is 1. The fraction of sp³-hybridized carbons (Fsp3) is 0.100. The summed E-state index contributed by atoms with van der Waals surface area (Å²) in [7, 11) is 0. The summed E-state index contributed by atoms with van der Waals surface area (Å²) >= 11 is 0. The molecule has 14 heavy (non-hydrogen) atoms. The van der Waals surface area contributed by atoms with Crippen LogP contribution in [-0.4, -0.2) is 22.5 Å². The van der Waals surface area contributed by atoms with Gasteiger partial charge in [0.25, 0.3) is 5.91 Å². The van der Waals surface area contributed by atoms with Crippen molar-refractivity contribution in [3.05, 3.63) is 36.1 Å². The van der Waals surface area contributed by atoms with Gasteiger partial charge in [-0.2, -0.15) is 0 Å². The fourth-order valence-electron chi connectivity index (χ4n) is 1.43. The third-order valence-electron chi connectivity index (χ3n) is 2.14. The Balaban J connectivity index is 2.52. The van der Waals surface area contributed by atoms with Gasteiger partial charge < -0.3 is 5.11 Å². The highest BCUT2D eigenvalue weighted by Crippen LogP contribution is 2.21. The number of nitrogens with zero attached hydrogens (tertiary/aromatic N) is 1. The van der Waals surface area contributed by atoms with Crippen molar-refractivity contribution in [2.45, 2.75) is 0 Å². The Morgan fingerprint density at radius 2 is 2.14 bits per heavy atom. The lowest BCUT2D eigenvalue weighted by Gasteiger charge is -2.18. The lowest BCUT2D eigenvalue weighted by molar-refractivity contribution is -0.122. The zero-order valence-corrected chi connectivity index (χ0v) is 7.18. The molecule has 0 saturated carbocycles. The topological polar surface area (TPSA) is 66.7 Å². The largest absolute Gasteiger partial charge is 0.515 e. The van der Waals surface area contributed by atoms with Crippen LogP contribution in [0.2, 0.25) is 0 Å². The molecule has 0 bridgehead atoms. The maximum atomic E-state index is 11.6. The lowest BCUT2D eigenvalue weighted by Crippen LogP contribution is -2.32. The first-order valence-corrected chi connectivity index (χ1v) is 4.10. The third kappa shape index (κ3) is 1.12. The summed E-state index contributed by atoms with van der Waals surface area (Å²) in [6.07, 6.45) is 7.22. The minimum atomic E-state index is -0.677. The summed E-state index contributed by atoms with van der Waals surface area (Å²) in [6.45, 7) is 0. The molecule has 1 aliphatic heterocycles. The van der Waals surface area contributed by atoms with Gasteiger partial charge in [0.2, 0.25) is 0 Å².